The van der Waals surface area contributed by atoms with Crippen molar-refractivity contribution in [2.75, 3.05) is 24.8 Å². The summed E-state index contributed by atoms with van der Waals surface area (Å²) in [7, 11) is -1.83. The molecule has 1 aromatic heterocycles. The van der Waals surface area contributed by atoms with Crippen molar-refractivity contribution in [3.63, 3.8) is 0 Å². The Hall–Kier alpha value is -3.14. The van der Waals surface area contributed by atoms with Crippen molar-refractivity contribution in [2.45, 2.75) is 23.9 Å². The molecule has 0 saturated carbocycles. The van der Waals surface area contributed by atoms with Crippen LogP contribution in [0.1, 0.15) is 12.1 Å². The third kappa shape index (κ3) is 4.55. The van der Waals surface area contributed by atoms with E-state index in [1.165, 1.54) is 5.38 Å². The van der Waals surface area contributed by atoms with E-state index in [4.69, 9.17) is 15.7 Å². The summed E-state index contributed by atoms with van der Waals surface area (Å²) in [4.78, 5) is 57.6. The molecule has 0 bridgehead atoms. The van der Waals surface area contributed by atoms with Crippen molar-refractivity contribution in [1.29, 1.82) is 0 Å². The number of amides is 2. The average molecular weight is 491 g/mol. The molecule has 2 fully saturated rings. The highest BCUT2D eigenvalue weighted by molar-refractivity contribution is 7.85. The zero-order valence-electron chi connectivity index (χ0n) is 16.2. The van der Waals surface area contributed by atoms with Gasteiger partial charge >= 0.3 is 11.9 Å². The molecule has 0 spiro atoms. The number of halogens is 1. The molecule has 0 aliphatic carbocycles. The number of thiazole rings is 1. The van der Waals surface area contributed by atoms with E-state index in [9.17, 15) is 32.9 Å². The van der Waals surface area contributed by atoms with E-state index in [2.05, 4.69) is 15.5 Å². The van der Waals surface area contributed by atoms with Crippen LogP contribution in [0, 0.1) is 5.92 Å². The second kappa shape index (κ2) is 9.56. The van der Waals surface area contributed by atoms with Gasteiger partial charge in [-0.3, -0.25) is 18.6 Å². The molecule has 0 aromatic carbocycles. The molecule has 2 saturated heterocycles. The fourth-order valence-corrected chi connectivity index (χ4v) is 5.94. The average Bonchev–Trinajstić information content (AvgIpc) is 3.14. The molecule has 1 unspecified atom stereocenters. The number of nitrogens with one attached hydrogen (secondary N) is 1. The number of nitrogen functional groups attached to an aromatic ring is 1. The van der Waals surface area contributed by atoms with Gasteiger partial charge in [-0.15, -0.1) is 11.3 Å². The van der Waals surface area contributed by atoms with E-state index in [0.29, 0.717) is 0 Å². The van der Waals surface area contributed by atoms with Gasteiger partial charge < -0.3 is 31.0 Å². The molecule has 2 amide bonds. The lowest BCUT2D eigenvalue weighted by atomic mass is 9.91. The number of carbonyl (C=O) groups is 4. The number of nitrogens with zero attached hydrogens (tertiary/aromatic N) is 3. The van der Waals surface area contributed by atoms with E-state index < -0.39 is 83.3 Å². The molecule has 2 aliphatic rings. The van der Waals surface area contributed by atoms with Crippen LogP contribution < -0.4 is 11.1 Å². The smallest absolute Gasteiger partial charge is 0.326 e. The van der Waals surface area contributed by atoms with Crippen LogP contribution in [0.4, 0.5) is 9.52 Å². The number of fused-ring (bicyclic) bond motifs is 1. The highest BCUT2D eigenvalue weighted by atomic mass is 32.2. The first-order chi connectivity index (χ1) is 15.1. The zero-order valence-corrected chi connectivity index (χ0v) is 17.8. The number of β-lactam (4-membered cyclic amide) rings is 1. The number of alkyl halides is 1. The van der Waals surface area contributed by atoms with Crippen LogP contribution in [0.2, 0.25) is 0 Å². The minimum absolute atomic E-state index is 0.00203. The van der Waals surface area contributed by atoms with Crippen LogP contribution in [-0.2, 0) is 34.8 Å². The Morgan fingerprint density at radius 1 is 1.44 bits per heavy atom. The standard InChI is InChI=1S/C16H18FN5O8S2/c17-1-2-30-21-9(7-4-31-16(18)19-7)12(25)20-10-13(26)22-11(15(27)28)6(3-8(23)24)5-32(29)14(10)22/h4,6,10-11,14H,1-3,5H2,(H2,18,19)(H,20,25)(H,23,24)(H,27,28)/b21-9-/t6-,10+,11-,14+,32?/m0/s1. The van der Waals surface area contributed by atoms with Gasteiger partial charge in [0.2, 0.25) is 5.91 Å². The number of hydrogen-bond acceptors (Lipinski definition) is 10. The maximum absolute atomic E-state index is 12.7. The number of aliphatic carboxylic acids is 2. The molecule has 3 rings (SSSR count). The van der Waals surface area contributed by atoms with Crippen molar-refractivity contribution in [3.05, 3.63) is 11.1 Å². The minimum Gasteiger partial charge on any atom is -0.481 e. The summed E-state index contributed by atoms with van der Waals surface area (Å²) < 4.78 is 25.0. The Morgan fingerprint density at radius 2 is 2.16 bits per heavy atom. The molecule has 3 heterocycles. The molecule has 13 nitrogen and oxygen atoms in total. The van der Waals surface area contributed by atoms with E-state index in [0.717, 1.165) is 16.2 Å². The summed E-state index contributed by atoms with van der Waals surface area (Å²) in [5.41, 5.74) is 5.15. The number of carbonyl (C=O) groups excluding carboxylic acids is 2. The van der Waals surface area contributed by atoms with Crippen molar-refractivity contribution in [2.24, 2.45) is 11.1 Å². The number of nitrogens with two attached hydrogens (primary N) is 1. The first-order valence-electron chi connectivity index (χ1n) is 9.07. The third-order valence-electron chi connectivity index (χ3n) is 4.75. The number of carboxylic acids is 2. The van der Waals surface area contributed by atoms with Crippen LogP contribution >= 0.6 is 11.3 Å². The van der Waals surface area contributed by atoms with Crippen molar-refractivity contribution in [3.8, 4) is 0 Å². The molecule has 16 heteroatoms. The summed E-state index contributed by atoms with van der Waals surface area (Å²) >= 11 is 0.995. The van der Waals surface area contributed by atoms with Gasteiger partial charge in [0.25, 0.3) is 5.91 Å². The predicted molar refractivity (Wildman–Crippen MR) is 108 cm³/mol. The molecule has 5 atom stereocenters. The molecule has 5 N–H and O–H groups in total. The van der Waals surface area contributed by atoms with E-state index >= 15 is 0 Å². The van der Waals surface area contributed by atoms with Gasteiger partial charge in [0, 0.05) is 27.9 Å². The van der Waals surface area contributed by atoms with Crippen LogP contribution in [0.25, 0.3) is 0 Å². The normalized spacial score (nSPS) is 27.3. The number of aromatic nitrogens is 1. The van der Waals surface area contributed by atoms with E-state index in [1.54, 1.807) is 0 Å². The predicted octanol–water partition coefficient (Wildman–Crippen LogP) is -1.62. The number of rotatable bonds is 9. The second-order valence-corrected chi connectivity index (χ2v) is 9.28. The summed E-state index contributed by atoms with van der Waals surface area (Å²) in [6.07, 6.45) is -0.579. The lowest BCUT2D eigenvalue weighted by Crippen LogP contribution is -2.79. The van der Waals surface area contributed by atoms with Crippen molar-refractivity contribution in [1.82, 2.24) is 15.2 Å². The number of oxime groups is 1. The Labute approximate surface area is 185 Å². The molecular formula is C16H18FN5O8S2. The molecule has 174 valence electrons. The largest absolute Gasteiger partial charge is 0.481 e. The van der Waals surface area contributed by atoms with Gasteiger partial charge in [0.05, 0.1) is 6.42 Å². The third-order valence-corrected chi connectivity index (χ3v) is 7.22. The van der Waals surface area contributed by atoms with Gasteiger partial charge in [-0.25, -0.2) is 14.2 Å². The summed E-state index contributed by atoms with van der Waals surface area (Å²) in [6.45, 7) is -1.31. The maximum Gasteiger partial charge on any atom is 0.326 e. The Bertz CT molecular complexity index is 1000. The van der Waals surface area contributed by atoms with Crippen LogP contribution in [-0.4, -0.2) is 90.3 Å². The summed E-state index contributed by atoms with van der Waals surface area (Å²) in [5.74, 6) is -5.83. The monoisotopic (exact) mass is 491 g/mol. The number of anilines is 1. The Balaban J connectivity index is 1.80. The van der Waals surface area contributed by atoms with Gasteiger partial charge in [0.15, 0.2) is 10.8 Å². The molecule has 2 aliphatic heterocycles. The van der Waals surface area contributed by atoms with E-state index in [1.807, 2.05) is 0 Å². The summed E-state index contributed by atoms with van der Waals surface area (Å²) in [6, 6.07) is -2.83. The van der Waals surface area contributed by atoms with Gasteiger partial charge in [0.1, 0.15) is 36.4 Å². The molecular weight excluding hydrogens is 473 g/mol. The van der Waals surface area contributed by atoms with Gasteiger partial charge in [-0.05, 0) is 0 Å². The maximum atomic E-state index is 12.7. The highest BCUT2D eigenvalue weighted by Gasteiger charge is 2.61. The Kier molecular flexibility index (Phi) is 7.02. The molecule has 32 heavy (non-hydrogen) atoms. The fraction of sp³-hybridized carbons (Fsp3) is 0.500. The molecule has 0 radical (unpaired) electrons. The van der Waals surface area contributed by atoms with Gasteiger partial charge in [-0.1, -0.05) is 5.16 Å². The van der Waals surface area contributed by atoms with Gasteiger partial charge in [-0.2, -0.15) is 0 Å². The molecule has 1 aromatic rings. The SMILES string of the molecule is Nc1nc(/C(=N/OCCF)C(=O)N[C@@H]2C(=O)N3[C@H](C(=O)O)[C@@H](CC(=O)O)CS(=O)[C@H]23)cs1. The van der Waals surface area contributed by atoms with Crippen LogP contribution in [0.15, 0.2) is 10.5 Å². The van der Waals surface area contributed by atoms with Crippen molar-refractivity contribution < 1.29 is 42.8 Å². The fourth-order valence-electron chi connectivity index (χ4n) is 3.49. The minimum atomic E-state index is -1.83. The topological polar surface area (TPSA) is 202 Å². The zero-order chi connectivity index (χ0) is 23.6. The lowest BCUT2D eigenvalue weighted by Gasteiger charge is -2.53. The first kappa shape index (κ1) is 23.5. The summed E-state index contributed by atoms with van der Waals surface area (Å²) in [5, 5.41) is 24.7. The van der Waals surface area contributed by atoms with Crippen molar-refractivity contribution >= 4 is 56.7 Å². The second-order valence-electron chi connectivity index (χ2n) is 6.81. The number of carboxylic acid groups (broad SMARTS) is 2. The van der Waals surface area contributed by atoms with Crippen LogP contribution in [0.3, 0.4) is 0 Å². The lowest BCUT2D eigenvalue weighted by molar-refractivity contribution is -0.166. The quantitative estimate of drug-likeness (QED) is 0.134. The first-order valence-corrected chi connectivity index (χ1v) is 11.3. The highest BCUT2D eigenvalue weighted by Crippen LogP contribution is 2.36. The van der Waals surface area contributed by atoms with Crippen LogP contribution in [0.5, 0.6) is 0 Å². The van der Waals surface area contributed by atoms with E-state index in [-0.39, 0.29) is 16.6 Å². The Morgan fingerprint density at radius 3 is 2.72 bits per heavy atom. The number of hydrogen-bond donors (Lipinski definition) is 4.